The first-order chi connectivity index (χ1) is 10.1. The van der Waals surface area contributed by atoms with Crippen molar-refractivity contribution in [2.24, 2.45) is 0 Å². The number of hydrogen-bond donors (Lipinski definition) is 1. The van der Waals surface area contributed by atoms with Gasteiger partial charge in [-0.05, 0) is 45.0 Å². The SMILES string of the molecule is CC(CN1CCCCC1)N1C(=O)c2cccc(N)c2C1=O. The van der Waals surface area contributed by atoms with Gasteiger partial charge in [-0.3, -0.25) is 14.5 Å². The number of imide groups is 1. The van der Waals surface area contributed by atoms with E-state index in [1.165, 1.54) is 24.2 Å². The van der Waals surface area contributed by atoms with E-state index in [0.717, 1.165) is 19.6 Å². The lowest BCUT2D eigenvalue weighted by Crippen LogP contribution is -2.46. The average Bonchev–Trinajstić information content (AvgIpc) is 2.73. The van der Waals surface area contributed by atoms with Crippen LogP contribution in [-0.2, 0) is 0 Å². The van der Waals surface area contributed by atoms with E-state index >= 15 is 0 Å². The Bertz CT molecular complexity index is 579. The second-order valence-corrected chi connectivity index (χ2v) is 5.96. The molecular weight excluding hydrogens is 266 g/mol. The number of nitrogens with two attached hydrogens (primary N) is 1. The Hall–Kier alpha value is -1.88. The molecule has 2 aliphatic heterocycles. The number of carbonyl (C=O) groups is 2. The normalized spacial score (nSPS) is 20.7. The van der Waals surface area contributed by atoms with Gasteiger partial charge in [0.1, 0.15) is 0 Å². The number of anilines is 1. The zero-order valence-corrected chi connectivity index (χ0v) is 12.3. The second-order valence-electron chi connectivity index (χ2n) is 5.96. The van der Waals surface area contributed by atoms with Crippen molar-refractivity contribution in [2.75, 3.05) is 25.4 Å². The third-order valence-corrected chi connectivity index (χ3v) is 4.39. The van der Waals surface area contributed by atoms with Crippen LogP contribution >= 0.6 is 0 Å². The van der Waals surface area contributed by atoms with E-state index in [-0.39, 0.29) is 17.9 Å². The lowest BCUT2D eigenvalue weighted by Gasteiger charge is -2.32. The van der Waals surface area contributed by atoms with E-state index in [1.807, 2.05) is 6.92 Å². The van der Waals surface area contributed by atoms with Crippen LogP contribution in [0, 0.1) is 0 Å². The summed E-state index contributed by atoms with van der Waals surface area (Å²) in [6.07, 6.45) is 3.66. The molecule has 0 saturated carbocycles. The first kappa shape index (κ1) is 14.1. The van der Waals surface area contributed by atoms with E-state index in [0.29, 0.717) is 16.8 Å². The Morgan fingerprint density at radius 3 is 2.52 bits per heavy atom. The summed E-state index contributed by atoms with van der Waals surface area (Å²) in [5, 5.41) is 0. The molecular formula is C16H21N3O2. The Labute approximate surface area is 124 Å². The number of nitrogens with zero attached hydrogens (tertiary/aromatic N) is 2. The molecule has 0 spiro atoms. The number of amides is 2. The van der Waals surface area contributed by atoms with Gasteiger partial charge >= 0.3 is 0 Å². The largest absolute Gasteiger partial charge is 0.398 e. The van der Waals surface area contributed by atoms with Crippen molar-refractivity contribution in [3.63, 3.8) is 0 Å². The average molecular weight is 287 g/mol. The monoisotopic (exact) mass is 287 g/mol. The number of benzene rings is 1. The molecule has 5 nitrogen and oxygen atoms in total. The molecule has 0 aromatic heterocycles. The molecule has 2 amide bonds. The van der Waals surface area contributed by atoms with Crippen LogP contribution in [0.25, 0.3) is 0 Å². The summed E-state index contributed by atoms with van der Waals surface area (Å²) in [6.45, 7) is 4.78. The molecule has 1 aromatic rings. The van der Waals surface area contributed by atoms with E-state index in [9.17, 15) is 9.59 Å². The number of rotatable bonds is 3. The molecule has 1 unspecified atom stereocenters. The smallest absolute Gasteiger partial charge is 0.263 e. The molecule has 1 saturated heterocycles. The molecule has 112 valence electrons. The van der Waals surface area contributed by atoms with E-state index in [4.69, 9.17) is 5.73 Å². The van der Waals surface area contributed by atoms with Gasteiger partial charge in [-0.2, -0.15) is 0 Å². The van der Waals surface area contributed by atoms with Crippen molar-refractivity contribution in [1.29, 1.82) is 0 Å². The van der Waals surface area contributed by atoms with Gasteiger partial charge in [0.15, 0.2) is 0 Å². The molecule has 3 rings (SSSR count). The van der Waals surface area contributed by atoms with E-state index in [1.54, 1.807) is 18.2 Å². The van der Waals surface area contributed by atoms with E-state index in [2.05, 4.69) is 4.90 Å². The number of hydrogen-bond acceptors (Lipinski definition) is 4. The minimum Gasteiger partial charge on any atom is -0.398 e. The highest BCUT2D eigenvalue weighted by Crippen LogP contribution is 2.29. The van der Waals surface area contributed by atoms with Crippen molar-refractivity contribution in [3.05, 3.63) is 29.3 Å². The number of carbonyl (C=O) groups excluding carboxylic acids is 2. The Morgan fingerprint density at radius 1 is 1.14 bits per heavy atom. The summed E-state index contributed by atoms with van der Waals surface area (Å²) in [7, 11) is 0. The van der Waals surface area contributed by atoms with Crippen LogP contribution in [0.2, 0.25) is 0 Å². The minimum absolute atomic E-state index is 0.130. The van der Waals surface area contributed by atoms with Gasteiger partial charge in [-0.25, -0.2) is 0 Å². The van der Waals surface area contributed by atoms with E-state index < -0.39 is 0 Å². The van der Waals surface area contributed by atoms with Crippen LogP contribution in [0.15, 0.2) is 18.2 Å². The lowest BCUT2D eigenvalue weighted by molar-refractivity contribution is 0.0552. The molecule has 2 N–H and O–H groups in total. The van der Waals surface area contributed by atoms with Gasteiger partial charge < -0.3 is 10.6 Å². The van der Waals surface area contributed by atoms with Crippen LogP contribution in [0.5, 0.6) is 0 Å². The molecule has 2 aliphatic rings. The molecule has 1 atom stereocenters. The third kappa shape index (κ3) is 2.42. The maximum atomic E-state index is 12.5. The Balaban J connectivity index is 1.79. The van der Waals surface area contributed by atoms with Gasteiger partial charge in [0, 0.05) is 12.2 Å². The number of likely N-dealkylation sites (tertiary alicyclic amines) is 1. The maximum absolute atomic E-state index is 12.5. The van der Waals surface area contributed by atoms with Crippen LogP contribution in [0.4, 0.5) is 5.69 Å². The molecule has 1 fully saturated rings. The van der Waals surface area contributed by atoms with Crippen LogP contribution in [0.1, 0.15) is 46.9 Å². The molecule has 21 heavy (non-hydrogen) atoms. The Morgan fingerprint density at radius 2 is 1.86 bits per heavy atom. The van der Waals surface area contributed by atoms with Gasteiger partial charge in [0.05, 0.1) is 17.2 Å². The van der Waals surface area contributed by atoms with Gasteiger partial charge in [-0.1, -0.05) is 12.5 Å². The molecule has 0 aliphatic carbocycles. The summed E-state index contributed by atoms with van der Waals surface area (Å²) in [4.78, 5) is 28.7. The Kier molecular flexibility index (Phi) is 3.68. The first-order valence-electron chi connectivity index (χ1n) is 7.58. The topological polar surface area (TPSA) is 66.6 Å². The van der Waals surface area contributed by atoms with Crippen molar-refractivity contribution >= 4 is 17.5 Å². The van der Waals surface area contributed by atoms with Crippen molar-refractivity contribution in [2.45, 2.75) is 32.2 Å². The molecule has 1 aromatic carbocycles. The quantitative estimate of drug-likeness (QED) is 0.679. The van der Waals surface area contributed by atoms with Gasteiger partial charge in [0.25, 0.3) is 11.8 Å². The summed E-state index contributed by atoms with van der Waals surface area (Å²) >= 11 is 0. The summed E-state index contributed by atoms with van der Waals surface area (Å²) in [5.74, 6) is -0.468. The summed E-state index contributed by atoms with van der Waals surface area (Å²) in [6, 6.07) is 4.94. The summed E-state index contributed by atoms with van der Waals surface area (Å²) < 4.78 is 0. The van der Waals surface area contributed by atoms with Gasteiger partial charge in [0.2, 0.25) is 0 Å². The molecule has 0 radical (unpaired) electrons. The minimum atomic E-state index is -0.252. The van der Waals surface area contributed by atoms with Crippen LogP contribution in [0.3, 0.4) is 0 Å². The number of nitrogen functional groups attached to an aromatic ring is 1. The zero-order valence-electron chi connectivity index (χ0n) is 12.3. The highest BCUT2D eigenvalue weighted by atomic mass is 16.2. The van der Waals surface area contributed by atoms with Crippen molar-refractivity contribution in [1.82, 2.24) is 9.80 Å². The van der Waals surface area contributed by atoms with Gasteiger partial charge in [-0.15, -0.1) is 0 Å². The predicted octanol–water partition coefficient (Wildman–Crippen LogP) is 1.74. The van der Waals surface area contributed by atoms with Crippen molar-refractivity contribution < 1.29 is 9.59 Å². The highest BCUT2D eigenvalue weighted by molar-refractivity contribution is 6.23. The predicted molar refractivity (Wildman–Crippen MR) is 81.1 cm³/mol. The molecule has 2 heterocycles. The number of piperidine rings is 1. The summed E-state index contributed by atoms with van der Waals surface area (Å²) in [5.41, 5.74) is 7.05. The third-order valence-electron chi connectivity index (χ3n) is 4.39. The van der Waals surface area contributed by atoms with Crippen LogP contribution < -0.4 is 5.73 Å². The first-order valence-corrected chi connectivity index (χ1v) is 7.58. The number of fused-ring (bicyclic) bond motifs is 1. The fourth-order valence-corrected chi connectivity index (χ4v) is 3.33. The standard InChI is InChI=1S/C16H21N3O2/c1-11(10-18-8-3-2-4-9-18)19-15(20)12-6-5-7-13(17)14(12)16(19)21/h5-7,11H,2-4,8-10,17H2,1H3. The second kappa shape index (κ2) is 5.48. The van der Waals surface area contributed by atoms with Crippen LogP contribution in [-0.4, -0.2) is 47.3 Å². The fraction of sp³-hybridized carbons (Fsp3) is 0.500. The van der Waals surface area contributed by atoms with Crippen molar-refractivity contribution in [3.8, 4) is 0 Å². The fourth-order valence-electron chi connectivity index (χ4n) is 3.33. The zero-order chi connectivity index (χ0) is 15.0. The lowest BCUT2D eigenvalue weighted by atomic mass is 10.1. The highest BCUT2D eigenvalue weighted by Gasteiger charge is 2.40. The molecule has 5 heteroatoms. The molecule has 0 bridgehead atoms. The maximum Gasteiger partial charge on any atom is 0.263 e.